The third-order valence-electron chi connectivity index (χ3n) is 5.30. The van der Waals surface area contributed by atoms with E-state index in [4.69, 9.17) is 5.73 Å². The lowest BCUT2D eigenvalue weighted by atomic mass is 10.0. The maximum absolute atomic E-state index is 11.4. The molecule has 0 saturated carbocycles. The standard InChI is InChI=1S/C23H26N4O/c1-4-26(5-2)15-16-7-12-19-20(14-24)22(27(6-3)21(19)13-16)17-8-10-18(11-9-17)23(25)28/h7-13H,4-6,15H2,1-3H3,(H2,25,28). The number of hydrogen-bond donors (Lipinski definition) is 1. The lowest BCUT2D eigenvalue weighted by molar-refractivity contribution is 0.100. The molecule has 3 rings (SSSR count). The van der Waals surface area contributed by atoms with Gasteiger partial charge in [-0.3, -0.25) is 9.69 Å². The largest absolute Gasteiger partial charge is 0.366 e. The molecule has 1 aromatic heterocycles. The number of primary amides is 1. The van der Waals surface area contributed by atoms with Crippen LogP contribution in [-0.2, 0) is 13.1 Å². The molecule has 0 aliphatic heterocycles. The van der Waals surface area contributed by atoms with Crippen molar-refractivity contribution in [2.75, 3.05) is 13.1 Å². The Hall–Kier alpha value is -3.10. The van der Waals surface area contributed by atoms with Gasteiger partial charge in [-0.25, -0.2) is 0 Å². The van der Waals surface area contributed by atoms with Crippen molar-refractivity contribution in [1.82, 2.24) is 9.47 Å². The molecule has 0 spiro atoms. The van der Waals surface area contributed by atoms with Crippen LogP contribution in [0.2, 0.25) is 0 Å². The molecule has 2 N–H and O–H groups in total. The minimum atomic E-state index is -0.455. The number of fused-ring (bicyclic) bond motifs is 1. The summed E-state index contributed by atoms with van der Waals surface area (Å²) in [5.74, 6) is -0.455. The Kier molecular flexibility index (Phi) is 5.81. The van der Waals surface area contributed by atoms with Gasteiger partial charge in [0.05, 0.1) is 16.8 Å². The van der Waals surface area contributed by atoms with Crippen LogP contribution in [0.3, 0.4) is 0 Å². The monoisotopic (exact) mass is 374 g/mol. The van der Waals surface area contributed by atoms with Crippen LogP contribution >= 0.6 is 0 Å². The van der Waals surface area contributed by atoms with Crippen molar-refractivity contribution < 1.29 is 4.79 Å². The lowest BCUT2D eigenvalue weighted by Crippen LogP contribution is -2.22. The molecule has 0 aliphatic rings. The number of nitriles is 1. The highest BCUT2D eigenvalue weighted by Crippen LogP contribution is 2.34. The molecule has 28 heavy (non-hydrogen) atoms. The van der Waals surface area contributed by atoms with Crippen LogP contribution in [0.4, 0.5) is 0 Å². The fourth-order valence-corrected chi connectivity index (χ4v) is 3.73. The quantitative estimate of drug-likeness (QED) is 0.675. The van der Waals surface area contributed by atoms with E-state index in [1.165, 1.54) is 5.56 Å². The fourth-order valence-electron chi connectivity index (χ4n) is 3.73. The maximum Gasteiger partial charge on any atom is 0.248 e. The normalized spacial score (nSPS) is 11.1. The zero-order valence-corrected chi connectivity index (χ0v) is 16.7. The number of benzene rings is 2. The zero-order chi connectivity index (χ0) is 20.3. The van der Waals surface area contributed by atoms with Gasteiger partial charge >= 0.3 is 0 Å². The van der Waals surface area contributed by atoms with Gasteiger partial charge in [0.15, 0.2) is 0 Å². The van der Waals surface area contributed by atoms with Gasteiger partial charge in [-0.1, -0.05) is 38.1 Å². The summed E-state index contributed by atoms with van der Waals surface area (Å²) in [5, 5.41) is 10.8. The summed E-state index contributed by atoms with van der Waals surface area (Å²) >= 11 is 0. The summed E-state index contributed by atoms with van der Waals surface area (Å²) in [6.45, 7) is 10.1. The first-order valence-corrected chi connectivity index (χ1v) is 9.71. The van der Waals surface area contributed by atoms with Crippen LogP contribution in [0.1, 0.15) is 42.3 Å². The molecule has 0 bridgehead atoms. The number of nitrogens with two attached hydrogens (primary N) is 1. The second kappa shape index (κ2) is 8.28. The minimum absolute atomic E-state index is 0.455. The predicted molar refractivity (Wildman–Crippen MR) is 113 cm³/mol. The first-order chi connectivity index (χ1) is 13.5. The molecule has 5 nitrogen and oxygen atoms in total. The van der Waals surface area contributed by atoms with Crippen LogP contribution in [0.5, 0.6) is 0 Å². The molecule has 3 aromatic rings. The smallest absolute Gasteiger partial charge is 0.248 e. The second-order valence-corrected chi connectivity index (χ2v) is 6.83. The van der Waals surface area contributed by atoms with Crippen molar-refractivity contribution in [2.45, 2.75) is 33.9 Å². The Morgan fingerprint density at radius 2 is 1.79 bits per heavy atom. The van der Waals surface area contributed by atoms with E-state index < -0.39 is 5.91 Å². The Morgan fingerprint density at radius 3 is 2.32 bits per heavy atom. The van der Waals surface area contributed by atoms with Gasteiger partial charge in [-0.05, 0) is 49.3 Å². The summed E-state index contributed by atoms with van der Waals surface area (Å²) in [6.07, 6.45) is 0. The Labute approximate surface area is 166 Å². The van der Waals surface area contributed by atoms with Gasteiger partial charge in [0.2, 0.25) is 5.91 Å². The SMILES string of the molecule is CCN(CC)Cc1ccc2c(C#N)c(-c3ccc(C(N)=O)cc3)n(CC)c2c1. The van der Waals surface area contributed by atoms with Crippen molar-refractivity contribution in [3.05, 3.63) is 59.2 Å². The van der Waals surface area contributed by atoms with E-state index in [0.29, 0.717) is 11.1 Å². The van der Waals surface area contributed by atoms with Gasteiger partial charge in [-0.2, -0.15) is 5.26 Å². The van der Waals surface area contributed by atoms with Crippen LogP contribution < -0.4 is 5.73 Å². The average molecular weight is 374 g/mol. The molecule has 0 atom stereocenters. The van der Waals surface area contributed by atoms with E-state index in [9.17, 15) is 10.1 Å². The molecule has 0 radical (unpaired) electrons. The first kappa shape index (κ1) is 19.7. The highest BCUT2D eigenvalue weighted by Gasteiger charge is 2.18. The molecule has 144 valence electrons. The van der Waals surface area contributed by atoms with Crippen LogP contribution in [0, 0.1) is 11.3 Å². The second-order valence-electron chi connectivity index (χ2n) is 6.83. The molecule has 0 fully saturated rings. The van der Waals surface area contributed by atoms with E-state index in [-0.39, 0.29) is 0 Å². The molecule has 2 aromatic carbocycles. The van der Waals surface area contributed by atoms with Gasteiger partial charge < -0.3 is 10.3 Å². The van der Waals surface area contributed by atoms with E-state index in [0.717, 1.165) is 48.3 Å². The molecular weight excluding hydrogens is 348 g/mol. The minimum Gasteiger partial charge on any atom is -0.366 e. The van der Waals surface area contributed by atoms with Crippen molar-refractivity contribution in [2.24, 2.45) is 5.73 Å². The molecule has 1 amide bonds. The molecule has 0 unspecified atom stereocenters. The van der Waals surface area contributed by atoms with E-state index >= 15 is 0 Å². The summed E-state index contributed by atoms with van der Waals surface area (Å²) in [6, 6.07) is 15.9. The third kappa shape index (κ3) is 3.51. The number of rotatable bonds is 7. The van der Waals surface area contributed by atoms with E-state index in [1.807, 2.05) is 12.1 Å². The number of aryl methyl sites for hydroxylation is 1. The summed E-state index contributed by atoms with van der Waals surface area (Å²) in [7, 11) is 0. The van der Waals surface area contributed by atoms with Crippen LogP contribution in [-0.4, -0.2) is 28.5 Å². The van der Waals surface area contributed by atoms with Crippen LogP contribution in [0.15, 0.2) is 42.5 Å². The zero-order valence-electron chi connectivity index (χ0n) is 16.7. The Morgan fingerprint density at radius 1 is 1.11 bits per heavy atom. The molecule has 1 heterocycles. The number of carbonyl (C=O) groups excluding carboxylic acids is 1. The van der Waals surface area contributed by atoms with E-state index in [2.05, 4.69) is 54.5 Å². The van der Waals surface area contributed by atoms with Gasteiger partial charge in [0.25, 0.3) is 0 Å². The summed E-state index contributed by atoms with van der Waals surface area (Å²) < 4.78 is 2.18. The van der Waals surface area contributed by atoms with Crippen LogP contribution in [0.25, 0.3) is 22.2 Å². The van der Waals surface area contributed by atoms with E-state index in [1.54, 1.807) is 12.1 Å². The predicted octanol–water partition coefficient (Wildman–Crippen LogP) is 4.14. The van der Waals surface area contributed by atoms with Gasteiger partial charge in [0, 0.05) is 24.0 Å². The average Bonchev–Trinajstić information content (AvgIpc) is 3.04. The first-order valence-electron chi connectivity index (χ1n) is 9.71. The molecule has 0 aliphatic carbocycles. The summed E-state index contributed by atoms with van der Waals surface area (Å²) in [4.78, 5) is 13.7. The fraction of sp³-hybridized carbons (Fsp3) is 0.304. The van der Waals surface area contributed by atoms with Crippen molar-refractivity contribution in [1.29, 1.82) is 5.26 Å². The highest BCUT2D eigenvalue weighted by atomic mass is 16.1. The molecule has 0 saturated heterocycles. The van der Waals surface area contributed by atoms with Crippen molar-refractivity contribution in [3.63, 3.8) is 0 Å². The topological polar surface area (TPSA) is 75.1 Å². The Bertz CT molecular complexity index is 1040. The Balaban J connectivity index is 2.17. The van der Waals surface area contributed by atoms with Crippen molar-refractivity contribution >= 4 is 16.8 Å². The maximum atomic E-state index is 11.4. The summed E-state index contributed by atoms with van der Waals surface area (Å²) in [5.41, 5.74) is 10.6. The molecule has 5 heteroatoms. The van der Waals surface area contributed by atoms with Gasteiger partial charge in [-0.15, -0.1) is 0 Å². The van der Waals surface area contributed by atoms with Crippen molar-refractivity contribution in [3.8, 4) is 17.3 Å². The lowest BCUT2D eigenvalue weighted by Gasteiger charge is -2.18. The number of nitrogens with zero attached hydrogens (tertiary/aromatic N) is 3. The molecular formula is C23H26N4O. The highest BCUT2D eigenvalue weighted by molar-refractivity contribution is 5.96. The number of hydrogen-bond acceptors (Lipinski definition) is 3. The third-order valence-corrected chi connectivity index (χ3v) is 5.30. The number of aromatic nitrogens is 1. The number of carbonyl (C=O) groups is 1. The van der Waals surface area contributed by atoms with Gasteiger partial charge in [0.1, 0.15) is 6.07 Å². The number of amides is 1.